The van der Waals surface area contributed by atoms with E-state index in [0.717, 1.165) is 0 Å². The largest absolute Gasteiger partial charge is 0.375 e. The van der Waals surface area contributed by atoms with Gasteiger partial charge in [-0.25, -0.2) is 0 Å². The van der Waals surface area contributed by atoms with Gasteiger partial charge < -0.3 is 19.9 Å². The molecule has 0 aliphatic heterocycles. The first-order valence-corrected chi connectivity index (χ1v) is 7.92. The summed E-state index contributed by atoms with van der Waals surface area (Å²) in [6.45, 7) is 2.28. The van der Waals surface area contributed by atoms with Gasteiger partial charge in [-0.3, -0.25) is 14.4 Å². The highest BCUT2D eigenvalue weighted by Crippen LogP contribution is 2.26. The van der Waals surface area contributed by atoms with E-state index < -0.39 is 5.91 Å². The van der Waals surface area contributed by atoms with E-state index in [9.17, 15) is 14.4 Å². The van der Waals surface area contributed by atoms with Crippen molar-refractivity contribution in [3.05, 3.63) is 57.5 Å². The number of benzene rings is 1. The Labute approximate surface area is 149 Å². The number of carbonyl (C=O) groups is 2. The summed E-state index contributed by atoms with van der Waals surface area (Å²) in [6.07, 6.45) is 1.56. The number of halogens is 1. The summed E-state index contributed by atoms with van der Waals surface area (Å²) in [4.78, 5) is 35.7. The van der Waals surface area contributed by atoms with Crippen molar-refractivity contribution in [3.8, 4) is 0 Å². The van der Waals surface area contributed by atoms with Gasteiger partial charge in [0, 0.05) is 37.2 Å². The Hall–Kier alpha value is -2.64. The number of aryl methyl sites for hydroxylation is 1. The number of aromatic nitrogens is 1. The van der Waals surface area contributed by atoms with Crippen LogP contribution in [0.25, 0.3) is 0 Å². The topological polar surface area (TPSA) is 89.4 Å². The van der Waals surface area contributed by atoms with Gasteiger partial charge in [0.05, 0.1) is 10.7 Å². The lowest BCUT2D eigenvalue weighted by molar-refractivity contribution is -0.119. The first-order chi connectivity index (χ1) is 11.9. The Morgan fingerprint density at radius 2 is 1.96 bits per heavy atom. The molecule has 2 rings (SSSR count). The number of pyridine rings is 1. The third-order valence-corrected chi connectivity index (χ3v) is 3.70. The quantitative estimate of drug-likeness (QED) is 0.824. The van der Waals surface area contributed by atoms with Crippen LogP contribution in [-0.2, 0) is 16.1 Å². The number of hydrogen-bond acceptors (Lipinski definition) is 4. The van der Waals surface area contributed by atoms with E-state index in [0.29, 0.717) is 22.9 Å². The molecule has 25 heavy (non-hydrogen) atoms. The second-order valence-corrected chi connectivity index (χ2v) is 5.58. The van der Waals surface area contributed by atoms with Gasteiger partial charge in [0.15, 0.2) is 0 Å². The second kappa shape index (κ2) is 8.46. The van der Waals surface area contributed by atoms with E-state index in [1.54, 1.807) is 24.4 Å². The summed E-state index contributed by atoms with van der Waals surface area (Å²) < 4.78 is 6.22. The number of ether oxygens (including phenoxy) is 1. The van der Waals surface area contributed by atoms with Crippen LogP contribution in [0.15, 0.2) is 41.3 Å². The average molecular weight is 364 g/mol. The summed E-state index contributed by atoms with van der Waals surface area (Å²) in [5.74, 6) is -0.798. The maximum Gasteiger partial charge on any atom is 0.255 e. The minimum Gasteiger partial charge on any atom is -0.375 e. The summed E-state index contributed by atoms with van der Waals surface area (Å²) in [5, 5.41) is 5.56. The Morgan fingerprint density at radius 1 is 1.20 bits per heavy atom. The zero-order chi connectivity index (χ0) is 18.4. The van der Waals surface area contributed by atoms with Gasteiger partial charge in [-0.2, -0.15) is 0 Å². The number of hydrogen-bond donors (Lipinski definition) is 2. The molecule has 132 valence electrons. The Balaban J connectivity index is 2.18. The van der Waals surface area contributed by atoms with E-state index in [4.69, 9.17) is 16.3 Å². The molecule has 0 bridgehead atoms. The molecule has 1 heterocycles. The lowest BCUT2D eigenvalue weighted by Crippen LogP contribution is -2.21. The lowest BCUT2D eigenvalue weighted by Gasteiger charge is -2.11. The molecule has 0 unspecified atom stereocenters. The van der Waals surface area contributed by atoms with Gasteiger partial charge in [-0.05, 0) is 31.2 Å². The molecule has 0 radical (unpaired) electrons. The average Bonchev–Trinajstić information content (AvgIpc) is 2.58. The van der Waals surface area contributed by atoms with Crippen LogP contribution in [0, 0.1) is 0 Å². The van der Waals surface area contributed by atoms with Gasteiger partial charge in [0.2, 0.25) is 5.91 Å². The van der Waals surface area contributed by atoms with Gasteiger partial charge in [-0.1, -0.05) is 11.6 Å². The van der Waals surface area contributed by atoms with Crippen molar-refractivity contribution in [2.75, 3.05) is 24.4 Å². The van der Waals surface area contributed by atoms with Crippen molar-refractivity contribution in [1.29, 1.82) is 0 Å². The Morgan fingerprint density at radius 3 is 2.60 bits per heavy atom. The van der Waals surface area contributed by atoms with Crippen molar-refractivity contribution in [2.24, 2.45) is 0 Å². The van der Waals surface area contributed by atoms with Crippen molar-refractivity contribution in [2.45, 2.75) is 13.5 Å². The summed E-state index contributed by atoms with van der Waals surface area (Å²) in [5.41, 5.74) is 0.742. The van der Waals surface area contributed by atoms with Gasteiger partial charge >= 0.3 is 0 Å². The predicted molar refractivity (Wildman–Crippen MR) is 96.3 cm³/mol. The van der Waals surface area contributed by atoms with Crippen molar-refractivity contribution in [1.82, 2.24) is 4.57 Å². The first kappa shape index (κ1) is 18.7. The highest BCUT2D eigenvalue weighted by molar-refractivity contribution is 6.34. The Kier molecular flexibility index (Phi) is 6.32. The van der Waals surface area contributed by atoms with Crippen molar-refractivity contribution >= 4 is 34.8 Å². The maximum absolute atomic E-state index is 12.3. The standard InChI is InChI=1S/C17H18ClN3O4/c1-3-21-7-6-11(8-16(21)23)17(24)20-14-9-12(4-5-13(14)18)19-15(22)10-25-2/h4-9H,3,10H2,1-2H3,(H,19,22)(H,20,24). The monoisotopic (exact) mass is 363 g/mol. The molecule has 0 saturated carbocycles. The molecule has 0 spiro atoms. The minimum atomic E-state index is -0.470. The van der Waals surface area contributed by atoms with Crippen LogP contribution in [0.2, 0.25) is 5.02 Å². The van der Waals surface area contributed by atoms with E-state index >= 15 is 0 Å². The smallest absolute Gasteiger partial charge is 0.255 e. The number of amides is 2. The van der Waals surface area contributed by atoms with E-state index in [-0.39, 0.29) is 23.6 Å². The van der Waals surface area contributed by atoms with E-state index in [1.165, 1.54) is 23.8 Å². The van der Waals surface area contributed by atoms with Crippen molar-refractivity contribution in [3.63, 3.8) is 0 Å². The number of anilines is 2. The van der Waals surface area contributed by atoms with Crippen LogP contribution in [0.3, 0.4) is 0 Å². The molecule has 0 fully saturated rings. The number of nitrogens with one attached hydrogen (secondary N) is 2. The molecule has 0 aliphatic rings. The molecule has 1 aromatic carbocycles. The summed E-state index contributed by atoms with van der Waals surface area (Å²) in [6, 6.07) is 7.50. The molecule has 1 aromatic heterocycles. The molecule has 8 heteroatoms. The molecular weight excluding hydrogens is 346 g/mol. The number of carbonyl (C=O) groups excluding carboxylic acids is 2. The lowest BCUT2D eigenvalue weighted by atomic mass is 10.2. The third-order valence-electron chi connectivity index (χ3n) is 3.37. The molecule has 2 amide bonds. The fraction of sp³-hybridized carbons (Fsp3) is 0.235. The molecule has 0 saturated heterocycles. The molecule has 0 aliphatic carbocycles. The maximum atomic E-state index is 12.3. The highest BCUT2D eigenvalue weighted by Gasteiger charge is 2.11. The van der Waals surface area contributed by atoms with Crippen LogP contribution >= 0.6 is 11.6 Å². The van der Waals surface area contributed by atoms with E-state index in [1.807, 2.05) is 6.92 Å². The van der Waals surface area contributed by atoms with Gasteiger partial charge in [0.1, 0.15) is 6.61 Å². The predicted octanol–water partition coefficient (Wildman–Crippen LogP) is 2.36. The second-order valence-electron chi connectivity index (χ2n) is 5.17. The van der Waals surface area contributed by atoms with Crippen LogP contribution in [0.5, 0.6) is 0 Å². The zero-order valence-electron chi connectivity index (χ0n) is 13.8. The first-order valence-electron chi connectivity index (χ1n) is 7.54. The fourth-order valence-corrected chi connectivity index (χ4v) is 2.30. The van der Waals surface area contributed by atoms with E-state index in [2.05, 4.69) is 10.6 Å². The molecular formula is C17H18ClN3O4. The molecule has 0 atom stereocenters. The molecule has 7 nitrogen and oxygen atoms in total. The SMILES string of the molecule is CCn1ccc(C(=O)Nc2cc(NC(=O)COC)ccc2Cl)cc1=O. The van der Waals surface area contributed by atoms with Crippen LogP contribution in [0.4, 0.5) is 11.4 Å². The zero-order valence-corrected chi connectivity index (χ0v) is 14.6. The van der Waals surface area contributed by atoms with Crippen LogP contribution in [-0.4, -0.2) is 30.1 Å². The van der Waals surface area contributed by atoms with Gasteiger partial charge in [0.25, 0.3) is 11.5 Å². The summed E-state index contributed by atoms with van der Waals surface area (Å²) in [7, 11) is 1.42. The normalized spacial score (nSPS) is 10.4. The Bertz CT molecular complexity index is 848. The number of nitrogens with zero attached hydrogens (tertiary/aromatic N) is 1. The number of rotatable bonds is 6. The molecule has 2 N–H and O–H groups in total. The summed E-state index contributed by atoms with van der Waals surface area (Å²) >= 11 is 6.09. The highest BCUT2D eigenvalue weighted by atomic mass is 35.5. The fourth-order valence-electron chi connectivity index (χ4n) is 2.13. The number of methoxy groups -OCH3 is 1. The van der Waals surface area contributed by atoms with Crippen molar-refractivity contribution < 1.29 is 14.3 Å². The minimum absolute atomic E-state index is 0.0853. The third kappa shape index (κ3) is 4.91. The van der Waals surface area contributed by atoms with Crippen LogP contribution in [0.1, 0.15) is 17.3 Å². The van der Waals surface area contributed by atoms with Gasteiger partial charge in [-0.15, -0.1) is 0 Å². The molecule has 2 aromatic rings. The van der Waals surface area contributed by atoms with Crippen LogP contribution < -0.4 is 16.2 Å².